The Bertz CT molecular complexity index is 618. The maximum atomic E-state index is 13.5. The van der Waals surface area contributed by atoms with Crippen LogP contribution in [0.1, 0.15) is 45.6 Å². The zero-order valence-corrected chi connectivity index (χ0v) is 13.9. The van der Waals surface area contributed by atoms with Gasteiger partial charge in [0.05, 0.1) is 11.5 Å². The lowest BCUT2D eigenvalue weighted by atomic mass is 9.76. The van der Waals surface area contributed by atoms with Crippen molar-refractivity contribution in [1.82, 2.24) is 4.90 Å². The fourth-order valence-electron chi connectivity index (χ4n) is 2.89. The van der Waals surface area contributed by atoms with Crippen LogP contribution in [0.2, 0.25) is 0 Å². The Kier molecular flexibility index (Phi) is 4.93. The first-order valence-electron chi connectivity index (χ1n) is 7.91. The second kappa shape index (κ2) is 6.57. The van der Waals surface area contributed by atoms with Gasteiger partial charge in [-0.3, -0.25) is 0 Å². The van der Waals surface area contributed by atoms with Gasteiger partial charge in [0.25, 0.3) is 0 Å². The molecule has 1 aliphatic heterocycles. The van der Waals surface area contributed by atoms with E-state index in [9.17, 15) is 14.4 Å². The molecule has 0 N–H and O–H groups in total. The van der Waals surface area contributed by atoms with Crippen molar-refractivity contribution in [3.63, 3.8) is 0 Å². The van der Waals surface area contributed by atoms with Crippen LogP contribution in [-0.4, -0.2) is 29.7 Å². The maximum Gasteiger partial charge on any atom is 0.410 e. The van der Waals surface area contributed by atoms with E-state index in [0.717, 1.165) is 0 Å². The first-order chi connectivity index (χ1) is 10.8. The predicted octanol–water partition coefficient (Wildman–Crippen LogP) is 4.01. The molecule has 2 rings (SSSR count). The second-order valence-corrected chi connectivity index (χ2v) is 7.03. The maximum absolute atomic E-state index is 13.5. The van der Waals surface area contributed by atoms with Crippen LogP contribution in [0.5, 0.6) is 0 Å². The van der Waals surface area contributed by atoms with Gasteiger partial charge in [-0.05, 0) is 57.7 Å². The van der Waals surface area contributed by atoms with Crippen LogP contribution in [0.4, 0.5) is 9.18 Å². The Balaban J connectivity index is 2.16. The summed E-state index contributed by atoms with van der Waals surface area (Å²) in [5.74, 6) is -0.342. The van der Waals surface area contributed by atoms with E-state index >= 15 is 0 Å². The number of amides is 1. The summed E-state index contributed by atoms with van der Waals surface area (Å²) in [4.78, 5) is 13.9. The molecule has 5 heteroatoms. The van der Waals surface area contributed by atoms with Crippen LogP contribution < -0.4 is 0 Å². The van der Waals surface area contributed by atoms with Gasteiger partial charge in [0, 0.05) is 13.1 Å². The van der Waals surface area contributed by atoms with Crippen molar-refractivity contribution in [2.75, 3.05) is 13.1 Å². The van der Waals surface area contributed by atoms with Gasteiger partial charge in [-0.1, -0.05) is 12.1 Å². The lowest BCUT2D eigenvalue weighted by Gasteiger charge is -2.27. The van der Waals surface area contributed by atoms with Gasteiger partial charge in [-0.25, -0.2) is 9.18 Å². The third kappa shape index (κ3) is 4.22. The molecule has 1 aliphatic rings. The number of ether oxygens (including phenoxy) is 1. The van der Waals surface area contributed by atoms with Crippen molar-refractivity contribution in [3.05, 3.63) is 35.6 Å². The molecule has 1 aromatic carbocycles. The van der Waals surface area contributed by atoms with Crippen LogP contribution in [0, 0.1) is 17.1 Å². The number of halogens is 1. The van der Waals surface area contributed by atoms with Gasteiger partial charge in [-0.2, -0.15) is 5.26 Å². The number of likely N-dealkylation sites (tertiary alicyclic amines) is 1. The zero-order chi connectivity index (χ0) is 17.1. The molecule has 4 nitrogen and oxygen atoms in total. The van der Waals surface area contributed by atoms with Gasteiger partial charge in [0.1, 0.15) is 11.4 Å². The van der Waals surface area contributed by atoms with E-state index in [0.29, 0.717) is 37.9 Å². The highest BCUT2D eigenvalue weighted by Crippen LogP contribution is 2.35. The summed E-state index contributed by atoms with van der Waals surface area (Å²) < 4.78 is 18.9. The highest BCUT2D eigenvalue weighted by atomic mass is 19.1. The number of benzene rings is 1. The van der Waals surface area contributed by atoms with Crippen molar-refractivity contribution in [1.29, 1.82) is 5.26 Å². The SMILES string of the molecule is CC(C)(C)OC(=O)N1CCCC(C#N)(c2cccc(F)c2)CC1. The first kappa shape index (κ1) is 17.3. The normalized spacial score (nSPS) is 22.1. The van der Waals surface area contributed by atoms with Crippen LogP contribution in [0.15, 0.2) is 24.3 Å². The molecule has 1 unspecified atom stereocenters. The minimum absolute atomic E-state index is 0.342. The monoisotopic (exact) mass is 318 g/mol. The minimum Gasteiger partial charge on any atom is -0.444 e. The number of hydrogen-bond donors (Lipinski definition) is 0. The molecular formula is C18H23FN2O2. The lowest BCUT2D eigenvalue weighted by molar-refractivity contribution is 0.0255. The number of rotatable bonds is 1. The summed E-state index contributed by atoms with van der Waals surface area (Å²) in [5, 5.41) is 9.72. The molecule has 1 fully saturated rings. The van der Waals surface area contributed by atoms with E-state index < -0.39 is 11.0 Å². The van der Waals surface area contributed by atoms with Gasteiger partial charge >= 0.3 is 6.09 Å². The molecule has 23 heavy (non-hydrogen) atoms. The number of nitriles is 1. The van der Waals surface area contributed by atoms with Crippen molar-refractivity contribution < 1.29 is 13.9 Å². The van der Waals surface area contributed by atoms with Gasteiger partial charge < -0.3 is 9.64 Å². The lowest BCUT2D eigenvalue weighted by Crippen LogP contribution is -2.38. The minimum atomic E-state index is -0.751. The number of carbonyl (C=O) groups is 1. The summed E-state index contributed by atoms with van der Waals surface area (Å²) in [6.07, 6.45) is 1.41. The van der Waals surface area contributed by atoms with Gasteiger partial charge in [-0.15, -0.1) is 0 Å². The molecule has 0 bridgehead atoms. The van der Waals surface area contributed by atoms with Crippen molar-refractivity contribution in [2.45, 2.75) is 51.0 Å². The Morgan fingerprint density at radius 3 is 2.70 bits per heavy atom. The van der Waals surface area contributed by atoms with Crippen LogP contribution in [-0.2, 0) is 10.2 Å². The molecule has 0 aliphatic carbocycles. The predicted molar refractivity (Wildman–Crippen MR) is 85.3 cm³/mol. The van der Waals surface area contributed by atoms with Crippen LogP contribution in [0.25, 0.3) is 0 Å². The standard InChI is InChI=1S/C18H23FN2O2/c1-17(2,3)23-16(22)21-10-5-8-18(13-20,9-11-21)14-6-4-7-15(19)12-14/h4,6-7,12H,5,8-11H2,1-3H3. The van der Waals surface area contributed by atoms with Crippen LogP contribution in [0.3, 0.4) is 0 Å². The first-order valence-corrected chi connectivity index (χ1v) is 7.91. The van der Waals surface area contributed by atoms with E-state index in [2.05, 4.69) is 6.07 Å². The Morgan fingerprint density at radius 1 is 1.35 bits per heavy atom. The summed E-state index contributed by atoms with van der Waals surface area (Å²) in [6.45, 7) is 6.46. The van der Waals surface area contributed by atoms with Crippen molar-refractivity contribution in [3.8, 4) is 6.07 Å². The largest absolute Gasteiger partial charge is 0.444 e. The van der Waals surface area contributed by atoms with Gasteiger partial charge in [0.15, 0.2) is 0 Å². The second-order valence-electron chi connectivity index (χ2n) is 7.03. The molecule has 1 aromatic rings. The van der Waals surface area contributed by atoms with E-state index in [-0.39, 0.29) is 11.9 Å². The molecule has 0 spiro atoms. The third-order valence-corrected chi connectivity index (χ3v) is 4.08. The number of hydrogen-bond acceptors (Lipinski definition) is 3. The zero-order valence-electron chi connectivity index (χ0n) is 13.9. The molecular weight excluding hydrogens is 295 g/mol. The molecule has 1 saturated heterocycles. The highest BCUT2D eigenvalue weighted by Gasteiger charge is 2.36. The fourth-order valence-corrected chi connectivity index (χ4v) is 2.89. The summed E-state index contributed by atoms with van der Waals surface area (Å²) in [7, 11) is 0. The Morgan fingerprint density at radius 2 is 2.09 bits per heavy atom. The van der Waals surface area contributed by atoms with E-state index in [4.69, 9.17) is 4.74 Å². The third-order valence-electron chi connectivity index (χ3n) is 4.08. The van der Waals surface area contributed by atoms with Crippen molar-refractivity contribution >= 4 is 6.09 Å². The molecule has 1 atom stereocenters. The topological polar surface area (TPSA) is 53.3 Å². The fraction of sp³-hybridized carbons (Fsp3) is 0.556. The Labute approximate surface area is 136 Å². The summed E-state index contributed by atoms with van der Waals surface area (Å²) in [6, 6.07) is 8.57. The van der Waals surface area contributed by atoms with E-state index in [1.54, 1.807) is 17.0 Å². The van der Waals surface area contributed by atoms with Gasteiger partial charge in [0.2, 0.25) is 0 Å². The molecule has 1 amide bonds. The van der Waals surface area contributed by atoms with Crippen molar-refractivity contribution in [2.24, 2.45) is 0 Å². The van der Waals surface area contributed by atoms with E-state index in [1.165, 1.54) is 12.1 Å². The molecule has 1 heterocycles. The number of carbonyl (C=O) groups excluding carboxylic acids is 1. The molecule has 0 aromatic heterocycles. The average Bonchev–Trinajstić information content (AvgIpc) is 2.69. The smallest absolute Gasteiger partial charge is 0.410 e. The Hall–Kier alpha value is -2.09. The molecule has 0 radical (unpaired) electrons. The average molecular weight is 318 g/mol. The summed E-state index contributed by atoms with van der Waals surface area (Å²) >= 11 is 0. The number of nitrogens with zero attached hydrogens (tertiary/aromatic N) is 2. The molecule has 124 valence electrons. The van der Waals surface area contributed by atoms with E-state index in [1.807, 2.05) is 20.8 Å². The van der Waals surface area contributed by atoms with Crippen LogP contribution >= 0.6 is 0 Å². The summed E-state index contributed by atoms with van der Waals surface area (Å²) in [5.41, 5.74) is -0.608. The molecule has 0 saturated carbocycles. The quantitative estimate of drug-likeness (QED) is 0.786. The highest BCUT2D eigenvalue weighted by molar-refractivity contribution is 5.68.